The maximum Gasteiger partial charge on any atom is 0.274 e. The van der Waals surface area contributed by atoms with Gasteiger partial charge in [-0.3, -0.25) is 10.6 Å². The molecule has 21 heavy (non-hydrogen) atoms. The second-order valence-electron chi connectivity index (χ2n) is 5.96. The summed E-state index contributed by atoms with van der Waals surface area (Å²) in [6.45, 7) is 5.24. The summed E-state index contributed by atoms with van der Waals surface area (Å²) < 4.78 is 5.77. The van der Waals surface area contributed by atoms with Crippen molar-refractivity contribution in [2.24, 2.45) is 5.84 Å². The summed E-state index contributed by atoms with van der Waals surface area (Å²) in [4.78, 5) is 23.2. The first-order valence-corrected chi connectivity index (χ1v) is 7.36. The van der Waals surface area contributed by atoms with Gasteiger partial charge in [0.2, 0.25) is 0 Å². The molecule has 7 nitrogen and oxygen atoms in total. The van der Waals surface area contributed by atoms with E-state index in [1.165, 1.54) is 0 Å². The average Bonchev–Trinajstić information content (AvgIpc) is 2.84. The zero-order chi connectivity index (χ0) is 15.0. The molecule has 1 amide bonds. The molecule has 2 unspecified atom stereocenters. The predicted octanol–water partition coefficient (Wildman–Crippen LogP) is 0.889. The van der Waals surface area contributed by atoms with Gasteiger partial charge < -0.3 is 15.1 Å². The first-order chi connectivity index (χ1) is 10.1. The molecule has 3 heterocycles. The first-order valence-electron chi connectivity index (χ1n) is 7.36. The number of aromatic nitrogens is 2. The maximum absolute atomic E-state index is 12.8. The molecule has 1 aromatic heterocycles. The Morgan fingerprint density at radius 1 is 1.43 bits per heavy atom. The highest BCUT2D eigenvalue weighted by Gasteiger charge is 2.37. The van der Waals surface area contributed by atoms with E-state index in [1.807, 2.05) is 18.7 Å². The van der Waals surface area contributed by atoms with Crippen molar-refractivity contribution in [3.05, 3.63) is 17.7 Å². The minimum atomic E-state index is -0.104. The molecule has 3 N–H and O–H groups in total. The Morgan fingerprint density at radius 2 is 2.10 bits per heavy atom. The number of amides is 1. The normalized spacial score (nSPS) is 24.5. The second-order valence-corrected chi connectivity index (χ2v) is 5.96. The molecule has 3 rings (SSSR count). The van der Waals surface area contributed by atoms with Crippen LogP contribution in [0, 0.1) is 0 Å². The lowest BCUT2D eigenvalue weighted by molar-refractivity contribution is -0.0305. The van der Waals surface area contributed by atoms with E-state index < -0.39 is 0 Å². The highest BCUT2D eigenvalue weighted by molar-refractivity contribution is 5.97. The number of fused-ring (bicyclic) bond motifs is 2. The molecule has 0 saturated carbocycles. The van der Waals surface area contributed by atoms with E-state index in [-0.39, 0.29) is 24.0 Å². The van der Waals surface area contributed by atoms with Gasteiger partial charge >= 0.3 is 0 Å². The van der Waals surface area contributed by atoms with Gasteiger partial charge in [-0.1, -0.05) is 13.8 Å². The Labute approximate surface area is 123 Å². The van der Waals surface area contributed by atoms with Gasteiger partial charge in [0.15, 0.2) is 5.69 Å². The molecule has 0 spiro atoms. The van der Waals surface area contributed by atoms with Crippen molar-refractivity contribution in [1.82, 2.24) is 14.9 Å². The number of rotatable bonds is 3. The number of anilines is 1. The lowest BCUT2D eigenvalue weighted by Gasteiger charge is -2.32. The Kier molecular flexibility index (Phi) is 3.77. The Balaban J connectivity index is 1.87. The lowest BCUT2D eigenvalue weighted by Crippen LogP contribution is -2.46. The fourth-order valence-corrected chi connectivity index (χ4v) is 2.87. The molecule has 2 aliphatic rings. The van der Waals surface area contributed by atoms with Crippen LogP contribution in [0.2, 0.25) is 0 Å². The standard InChI is InChI=1S/C14H21N5O2/c1-8(2)13-16-5-11(18-15)12(17-13)14(20)19-6-9-3-4-10(7-19)21-9/h5,8-10,18H,3-4,6-7,15H2,1-2H3. The third-order valence-electron chi connectivity index (χ3n) is 4.01. The summed E-state index contributed by atoms with van der Waals surface area (Å²) in [7, 11) is 0. The fraction of sp³-hybridized carbons (Fsp3) is 0.643. The topological polar surface area (TPSA) is 93.4 Å². The van der Waals surface area contributed by atoms with Crippen LogP contribution in [0.4, 0.5) is 5.69 Å². The van der Waals surface area contributed by atoms with Gasteiger partial charge in [-0.15, -0.1) is 0 Å². The summed E-state index contributed by atoms with van der Waals surface area (Å²) in [6.07, 6.45) is 3.95. The molecule has 2 fully saturated rings. The van der Waals surface area contributed by atoms with E-state index >= 15 is 0 Å². The molecule has 1 aromatic rings. The monoisotopic (exact) mass is 291 g/mol. The fourth-order valence-electron chi connectivity index (χ4n) is 2.87. The van der Waals surface area contributed by atoms with E-state index in [0.717, 1.165) is 12.8 Å². The van der Waals surface area contributed by atoms with Crippen molar-refractivity contribution in [2.75, 3.05) is 18.5 Å². The minimum absolute atomic E-state index is 0.104. The van der Waals surface area contributed by atoms with Crippen LogP contribution < -0.4 is 11.3 Å². The third kappa shape index (κ3) is 2.71. The van der Waals surface area contributed by atoms with Gasteiger partial charge in [0, 0.05) is 19.0 Å². The Morgan fingerprint density at radius 3 is 2.67 bits per heavy atom. The predicted molar refractivity (Wildman–Crippen MR) is 77.7 cm³/mol. The van der Waals surface area contributed by atoms with Gasteiger partial charge in [-0.2, -0.15) is 0 Å². The number of nitrogens with one attached hydrogen (secondary N) is 1. The van der Waals surface area contributed by atoms with E-state index in [0.29, 0.717) is 30.3 Å². The molecule has 0 radical (unpaired) electrons. The minimum Gasteiger partial charge on any atom is -0.371 e. The highest BCUT2D eigenvalue weighted by atomic mass is 16.5. The average molecular weight is 291 g/mol. The quantitative estimate of drug-likeness (QED) is 0.634. The number of ether oxygens (including phenoxy) is 1. The van der Waals surface area contributed by atoms with Crippen molar-refractivity contribution < 1.29 is 9.53 Å². The smallest absolute Gasteiger partial charge is 0.274 e. The zero-order valence-electron chi connectivity index (χ0n) is 12.4. The molecule has 2 aliphatic heterocycles. The SMILES string of the molecule is CC(C)c1ncc(NN)c(C(=O)N2CC3CCC(C2)O3)n1. The van der Waals surface area contributed by atoms with Crippen LogP contribution in [0.5, 0.6) is 0 Å². The summed E-state index contributed by atoms with van der Waals surface area (Å²) in [5, 5.41) is 0. The number of hydrogen-bond acceptors (Lipinski definition) is 6. The summed E-state index contributed by atoms with van der Waals surface area (Å²) in [6, 6.07) is 0. The number of likely N-dealkylation sites (tertiary alicyclic amines) is 1. The van der Waals surface area contributed by atoms with E-state index in [4.69, 9.17) is 10.6 Å². The molecule has 2 saturated heterocycles. The maximum atomic E-state index is 12.8. The van der Waals surface area contributed by atoms with Crippen molar-refractivity contribution in [3.8, 4) is 0 Å². The molecule has 0 aliphatic carbocycles. The lowest BCUT2D eigenvalue weighted by atomic mass is 10.2. The molecule has 2 bridgehead atoms. The van der Waals surface area contributed by atoms with Crippen molar-refractivity contribution >= 4 is 11.6 Å². The van der Waals surface area contributed by atoms with Crippen LogP contribution in [-0.4, -0.2) is 46.1 Å². The number of hydrogen-bond donors (Lipinski definition) is 2. The van der Waals surface area contributed by atoms with Gasteiger partial charge in [0.05, 0.1) is 24.1 Å². The van der Waals surface area contributed by atoms with E-state index in [2.05, 4.69) is 15.4 Å². The number of hydrazine groups is 1. The van der Waals surface area contributed by atoms with Crippen LogP contribution in [0.15, 0.2) is 6.20 Å². The number of nitrogens with zero attached hydrogens (tertiary/aromatic N) is 3. The van der Waals surface area contributed by atoms with Crippen molar-refractivity contribution in [3.63, 3.8) is 0 Å². The van der Waals surface area contributed by atoms with Crippen molar-refractivity contribution in [2.45, 2.75) is 44.8 Å². The van der Waals surface area contributed by atoms with Gasteiger partial charge in [0.1, 0.15) is 5.82 Å². The summed E-state index contributed by atoms with van der Waals surface area (Å²) >= 11 is 0. The first kappa shape index (κ1) is 14.2. The van der Waals surface area contributed by atoms with Crippen LogP contribution in [0.3, 0.4) is 0 Å². The molecular formula is C14H21N5O2. The van der Waals surface area contributed by atoms with Crippen LogP contribution in [-0.2, 0) is 4.74 Å². The third-order valence-corrected chi connectivity index (χ3v) is 4.01. The number of carbonyl (C=O) groups excluding carboxylic acids is 1. The molecule has 114 valence electrons. The van der Waals surface area contributed by atoms with Crippen LogP contribution in [0.25, 0.3) is 0 Å². The van der Waals surface area contributed by atoms with Gasteiger partial charge in [-0.05, 0) is 12.8 Å². The van der Waals surface area contributed by atoms with E-state index in [9.17, 15) is 4.79 Å². The Bertz CT molecular complexity index is 536. The number of nitrogen functional groups attached to an aromatic ring is 1. The molecular weight excluding hydrogens is 270 g/mol. The molecule has 7 heteroatoms. The van der Waals surface area contributed by atoms with E-state index in [1.54, 1.807) is 6.20 Å². The number of morpholine rings is 1. The molecule has 2 atom stereocenters. The number of carbonyl (C=O) groups is 1. The van der Waals surface area contributed by atoms with Crippen molar-refractivity contribution in [1.29, 1.82) is 0 Å². The summed E-state index contributed by atoms with van der Waals surface area (Å²) in [5.41, 5.74) is 3.32. The second kappa shape index (κ2) is 5.57. The Hall–Kier alpha value is -1.73. The van der Waals surface area contributed by atoms with Crippen LogP contribution >= 0.6 is 0 Å². The van der Waals surface area contributed by atoms with Crippen LogP contribution in [0.1, 0.15) is 48.9 Å². The highest BCUT2D eigenvalue weighted by Crippen LogP contribution is 2.28. The largest absolute Gasteiger partial charge is 0.371 e. The molecule has 0 aromatic carbocycles. The van der Waals surface area contributed by atoms with Gasteiger partial charge in [0.25, 0.3) is 5.91 Å². The zero-order valence-corrected chi connectivity index (χ0v) is 12.4. The number of nitrogens with two attached hydrogens (primary N) is 1. The van der Waals surface area contributed by atoms with Gasteiger partial charge in [-0.25, -0.2) is 9.97 Å². The summed E-state index contributed by atoms with van der Waals surface area (Å²) in [5.74, 6) is 6.18.